The number of H-pyrrole nitrogens is 1. The van der Waals surface area contributed by atoms with Crippen molar-refractivity contribution in [3.63, 3.8) is 0 Å². The highest BCUT2D eigenvalue weighted by Crippen LogP contribution is 2.31. The second-order valence-electron chi connectivity index (χ2n) is 4.90. The minimum absolute atomic E-state index is 0.0438. The zero-order valence-electron chi connectivity index (χ0n) is 11.5. The minimum Gasteiger partial charge on any atom is -0.366 e. The minimum atomic E-state index is -4.51. The molecule has 5 nitrogen and oxygen atoms in total. The molecule has 0 radical (unpaired) electrons. The Hall–Kier alpha value is -3.03. The molecule has 0 aliphatic carbocycles. The maximum atomic E-state index is 12.8. The molecule has 0 unspecified atom stereocenters. The molecule has 1 aromatic carbocycles. The average Bonchev–Trinajstić information content (AvgIpc) is 2.88. The molecule has 0 spiro atoms. The van der Waals surface area contributed by atoms with E-state index in [0.29, 0.717) is 11.2 Å². The number of fused-ring (bicyclic) bond motifs is 3. The number of nitrogens with two attached hydrogens (primary N) is 1. The van der Waals surface area contributed by atoms with Crippen molar-refractivity contribution in [3.05, 3.63) is 58.0 Å². The Morgan fingerprint density at radius 2 is 1.87 bits per heavy atom. The van der Waals surface area contributed by atoms with E-state index in [9.17, 15) is 22.8 Å². The summed E-state index contributed by atoms with van der Waals surface area (Å²) in [5, 5.41) is 0. The topological polar surface area (TPSA) is 80.4 Å². The van der Waals surface area contributed by atoms with E-state index in [4.69, 9.17) is 5.73 Å². The van der Waals surface area contributed by atoms with Gasteiger partial charge in [-0.25, -0.2) is 0 Å². The predicted octanol–water partition coefficient (Wildman–Crippen LogP) is 2.30. The zero-order valence-corrected chi connectivity index (χ0v) is 11.5. The maximum Gasteiger partial charge on any atom is 0.416 e. The lowest BCUT2D eigenvalue weighted by Gasteiger charge is -2.09. The lowest BCUT2D eigenvalue weighted by molar-refractivity contribution is -0.137. The van der Waals surface area contributed by atoms with Gasteiger partial charge in [0.2, 0.25) is 5.91 Å². The van der Waals surface area contributed by atoms with Crippen LogP contribution in [0.5, 0.6) is 0 Å². The fourth-order valence-corrected chi connectivity index (χ4v) is 2.39. The van der Waals surface area contributed by atoms with Crippen molar-refractivity contribution in [2.45, 2.75) is 6.18 Å². The molecular weight excluding hydrogens is 311 g/mol. The number of aromatic nitrogens is 2. The number of halogens is 3. The molecular formula is C15H10F3N3O2. The Bertz CT molecular complexity index is 1010. The molecule has 2 aromatic heterocycles. The largest absolute Gasteiger partial charge is 0.416 e. The Morgan fingerprint density at radius 3 is 2.52 bits per heavy atom. The summed E-state index contributed by atoms with van der Waals surface area (Å²) >= 11 is 0. The lowest BCUT2D eigenvalue weighted by Crippen LogP contribution is -2.12. The van der Waals surface area contributed by atoms with Crippen molar-refractivity contribution in [2.75, 3.05) is 0 Å². The van der Waals surface area contributed by atoms with Crippen LogP contribution in [0.2, 0.25) is 0 Å². The second kappa shape index (κ2) is 5.01. The zero-order chi connectivity index (χ0) is 16.8. The first kappa shape index (κ1) is 14.9. The molecule has 2 heterocycles. The van der Waals surface area contributed by atoms with E-state index >= 15 is 0 Å². The molecule has 1 amide bonds. The molecule has 118 valence electrons. The Kier molecular flexibility index (Phi) is 3.24. The number of hydrogen-bond acceptors (Lipinski definition) is 2. The number of nitrogens with zero attached hydrogens (tertiary/aromatic N) is 1. The van der Waals surface area contributed by atoms with Crippen LogP contribution >= 0.6 is 0 Å². The highest BCUT2D eigenvalue weighted by Gasteiger charge is 2.30. The predicted molar refractivity (Wildman–Crippen MR) is 78.8 cm³/mol. The SMILES string of the molecule is NC(=O)/C=C/c1ccc2c(=O)[nH]c3cc(C(F)(F)F)ccc3n12. The van der Waals surface area contributed by atoms with Gasteiger partial charge >= 0.3 is 6.18 Å². The van der Waals surface area contributed by atoms with Gasteiger partial charge < -0.3 is 15.1 Å². The number of benzene rings is 1. The van der Waals surface area contributed by atoms with Crippen LogP contribution in [0.3, 0.4) is 0 Å². The van der Waals surface area contributed by atoms with Crippen LogP contribution in [0.4, 0.5) is 13.2 Å². The van der Waals surface area contributed by atoms with Gasteiger partial charge in [0.25, 0.3) is 5.56 Å². The average molecular weight is 321 g/mol. The number of carbonyl (C=O) groups is 1. The molecule has 23 heavy (non-hydrogen) atoms. The second-order valence-corrected chi connectivity index (χ2v) is 4.90. The lowest BCUT2D eigenvalue weighted by atomic mass is 10.2. The molecule has 0 aliphatic heterocycles. The van der Waals surface area contributed by atoms with Gasteiger partial charge in [0.1, 0.15) is 5.52 Å². The van der Waals surface area contributed by atoms with Crippen LogP contribution in [-0.4, -0.2) is 15.3 Å². The van der Waals surface area contributed by atoms with E-state index in [1.54, 1.807) is 6.07 Å². The summed E-state index contributed by atoms with van der Waals surface area (Å²) in [4.78, 5) is 25.3. The number of amides is 1. The number of primary amides is 1. The van der Waals surface area contributed by atoms with Crippen LogP contribution in [0.15, 0.2) is 41.2 Å². The molecule has 0 saturated heterocycles. The van der Waals surface area contributed by atoms with Crippen LogP contribution in [0, 0.1) is 0 Å². The molecule has 3 rings (SSSR count). The first-order valence-electron chi connectivity index (χ1n) is 6.49. The Labute approximate surface area is 126 Å². The van der Waals surface area contributed by atoms with Gasteiger partial charge in [-0.05, 0) is 36.4 Å². The normalized spacial score (nSPS) is 12.5. The number of carbonyl (C=O) groups excluding carboxylic acids is 1. The summed E-state index contributed by atoms with van der Waals surface area (Å²) in [6.45, 7) is 0. The highest BCUT2D eigenvalue weighted by atomic mass is 19.4. The van der Waals surface area contributed by atoms with Crippen molar-refractivity contribution < 1.29 is 18.0 Å². The Balaban J connectivity index is 2.35. The molecule has 3 N–H and O–H groups in total. The van der Waals surface area contributed by atoms with Crippen molar-refractivity contribution >= 4 is 28.5 Å². The van der Waals surface area contributed by atoms with Crippen molar-refractivity contribution in [1.82, 2.24) is 9.38 Å². The maximum absolute atomic E-state index is 12.8. The summed E-state index contributed by atoms with van der Waals surface area (Å²) in [5.74, 6) is -0.673. The summed E-state index contributed by atoms with van der Waals surface area (Å²) in [5.41, 5.74) is 4.77. The van der Waals surface area contributed by atoms with E-state index in [1.165, 1.54) is 22.6 Å². The fourth-order valence-electron chi connectivity index (χ4n) is 2.39. The van der Waals surface area contributed by atoms with E-state index in [2.05, 4.69) is 4.98 Å². The first-order valence-corrected chi connectivity index (χ1v) is 6.49. The molecule has 0 atom stereocenters. The van der Waals surface area contributed by atoms with Gasteiger partial charge in [0, 0.05) is 11.8 Å². The number of aromatic amines is 1. The van der Waals surface area contributed by atoms with Gasteiger partial charge in [-0.2, -0.15) is 13.2 Å². The van der Waals surface area contributed by atoms with Crippen LogP contribution in [-0.2, 0) is 11.0 Å². The standard InChI is InChI=1S/C15H10F3N3O2/c16-15(17,18)8-1-4-11-10(7-8)20-14(23)12-5-2-9(21(11)12)3-6-13(19)22/h1-7H,(H2,19,22)(H,20,23)/b6-3+. The van der Waals surface area contributed by atoms with E-state index in [0.717, 1.165) is 18.2 Å². The smallest absolute Gasteiger partial charge is 0.366 e. The van der Waals surface area contributed by atoms with Gasteiger partial charge in [-0.3, -0.25) is 9.59 Å². The van der Waals surface area contributed by atoms with E-state index in [1.807, 2.05) is 0 Å². The summed E-state index contributed by atoms with van der Waals surface area (Å²) in [6.07, 6.45) is -2.00. The van der Waals surface area contributed by atoms with Gasteiger partial charge in [0.15, 0.2) is 0 Å². The molecule has 3 aromatic rings. The number of hydrogen-bond donors (Lipinski definition) is 2. The van der Waals surface area contributed by atoms with Gasteiger partial charge in [0.05, 0.1) is 16.6 Å². The highest BCUT2D eigenvalue weighted by molar-refractivity contribution is 5.90. The van der Waals surface area contributed by atoms with E-state index < -0.39 is 23.2 Å². The molecule has 0 saturated carbocycles. The molecule has 8 heteroatoms. The first-order chi connectivity index (χ1) is 10.8. The number of nitrogens with one attached hydrogen (secondary N) is 1. The quantitative estimate of drug-likeness (QED) is 0.710. The van der Waals surface area contributed by atoms with Gasteiger partial charge in [-0.1, -0.05) is 0 Å². The summed E-state index contributed by atoms with van der Waals surface area (Å²) in [6, 6.07) is 6.15. The van der Waals surface area contributed by atoms with Crippen molar-refractivity contribution in [3.8, 4) is 0 Å². The summed E-state index contributed by atoms with van der Waals surface area (Å²) in [7, 11) is 0. The molecule has 0 fully saturated rings. The van der Waals surface area contributed by atoms with Gasteiger partial charge in [-0.15, -0.1) is 0 Å². The summed E-state index contributed by atoms with van der Waals surface area (Å²) < 4.78 is 39.9. The Morgan fingerprint density at radius 1 is 1.17 bits per heavy atom. The van der Waals surface area contributed by atoms with Crippen LogP contribution in [0.25, 0.3) is 22.6 Å². The van der Waals surface area contributed by atoms with Crippen LogP contribution < -0.4 is 11.3 Å². The monoisotopic (exact) mass is 321 g/mol. The third-order valence-corrected chi connectivity index (χ3v) is 3.38. The third-order valence-electron chi connectivity index (χ3n) is 3.38. The fraction of sp³-hybridized carbons (Fsp3) is 0.0667. The van der Waals surface area contributed by atoms with Crippen molar-refractivity contribution in [2.24, 2.45) is 5.73 Å². The number of rotatable bonds is 2. The van der Waals surface area contributed by atoms with Crippen molar-refractivity contribution in [1.29, 1.82) is 0 Å². The van der Waals surface area contributed by atoms with Crippen LogP contribution in [0.1, 0.15) is 11.3 Å². The third kappa shape index (κ3) is 2.59. The van der Waals surface area contributed by atoms with E-state index in [-0.39, 0.29) is 11.0 Å². The number of alkyl halides is 3. The molecule has 0 aliphatic rings. The molecule has 0 bridgehead atoms.